The van der Waals surface area contributed by atoms with Crippen LogP contribution in [0.4, 0.5) is 0 Å². The zero-order valence-corrected chi connectivity index (χ0v) is 19.0. The quantitative estimate of drug-likeness (QED) is 0.493. The maximum Gasteiger partial charge on any atom is 0.253 e. The summed E-state index contributed by atoms with van der Waals surface area (Å²) in [5.41, 5.74) is 2.99. The third kappa shape index (κ3) is 3.72. The Bertz CT molecular complexity index is 1210. The molecule has 0 bridgehead atoms. The molecule has 178 valence electrons. The van der Waals surface area contributed by atoms with E-state index in [1.165, 1.54) is 0 Å². The van der Waals surface area contributed by atoms with E-state index in [1.807, 2.05) is 19.2 Å². The van der Waals surface area contributed by atoms with Crippen molar-refractivity contribution in [2.75, 3.05) is 40.6 Å². The second-order valence-corrected chi connectivity index (χ2v) is 8.15. The molecule has 1 amide bonds. The lowest BCUT2D eigenvalue weighted by atomic mass is 9.90. The van der Waals surface area contributed by atoms with E-state index >= 15 is 0 Å². The van der Waals surface area contributed by atoms with Crippen LogP contribution < -0.4 is 19.5 Å². The van der Waals surface area contributed by atoms with Gasteiger partial charge in [0.15, 0.2) is 17.3 Å². The van der Waals surface area contributed by atoms with E-state index in [4.69, 9.17) is 19.3 Å². The number of likely N-dealkylation sites (N-methyl/N-ethyl adjacent to an activating group) is 1. The van der Waals surface area contributed by atoms with E-state index in [0.717, 1.165) is 24.1 Å². The number of hydrogen-bond acceptors (Lipinski definition) is 9. The Morgan fingerprint density at radius 3 is 3.00 bits per heavy atom. The van der Waals surface area contributed by atoms with Crippen molar-refractivity contribution in [1.82, 2.24) is 30.4 Å². The van der Waals surface area contributed by atoms with Gasteiger partial charge in [0.1, 0.15) is 6.04 Å². The SMILES string of the molecule is COc1c2c(cc3c1[C@H](c1nnnn1-c1ccccc1C(=O)NCCCO)N(C)CC3)OCO2. The number of tetrazole rings is 1. The molecule has 2 aliphatic rings. The number of para-hydroxylation sites is 1. The molecular weight excluding hydrogens is 440 g/mol. The van der Waals surface area contributed by atoms with Crippen molar-refractivity contribution >= 4 is 5.91 Å². The van der Waals surface area contributed by atoms with Crippen molar-refractivity contribution in [2.24, 2.45) is 0 Å². The molecule has 0 radical (unpaired) electrons. The highest BCUT2D eigenvalue weighted by Crippen LogP contribution is 2.50. The van der Waals surface area contributed by atoms with E-state index in [0.29, 0.717) is 47.3 Å². The highest BCUT2D eigenvalue weighted by Gasteiger charge is 2.38. The average molecular weight is 466 g/mol. The molecule has 3 aromatic rings. The third-order valence-corrected chi connectivity index (χ3v) is 6.13. The fourth-order valence-electron chi connectivity index (χ4n) is 4.52. The minimum Gasteiger partial charge on any atom is -0.492 e. The monoisotopic (exact) mass is 466 g/mol. The van der Waals surface area contributed by atoms with Gasteiger partial charge in [-0.1, -0.05) is 12.1 Å². The number of hydrogen-bond donors (Lipinski definition) is 2. The maximum atomic E-state index is 12.9. The van der Waals surface area contributed by atoms with E-state index in [-0.39, 0.29) is 25.3 Å². The summed E-state index contributed by atoms with van der Waals surface area (Å²) < 4.78 is 18.7. The van der Waals surface area contributed by atoms with Crippen molar-refractivity contribution in [2.45, 2.75) is 18.9 Å². The van der Waals surface area contributed by atoms with Gasteiger partial charge in [0.05, 0.1) is 18.4 Å². The van der Waals surface area contributed by atoms with Gasteiger partial charge >= 0.3 is 0 Å². The average Bonchev–Trinajstić information content (AvgIpc) is 3.52. The van der Waals surface area contributed by atoms with Crippen LogP contribution in [0.25, 0.3) is 5.69 Å². The van der Waals surface area contributed by atoms with Crippen molar-refractivity contribution < 1.29 is 24.1 Å². The summed E-state index contributed by atoms with van der Waals surface area (Å²) in [4.78, 5) is 15.0. The molecule has 0 spiro atoms. The van der Waals surface area contributed by atoms with Gasteiger partial charge in [-0.15, -0.1) is 5.10 Å². The number of benzene rings is 2. The highest BCUT2D eigenvalue weighted by molar-refractivity contribution is 5.97. The highest BCUT2D eigenvalue weighted by atomic mass is 16.7. The van der Waals surface area contributed by atoms with Gasteiger partial charge in [-0.3, -0.25) is 9.69 Å². The van der Waals surface area contributed by atoms with Crippen LogP contribution in [0.15, 0.2) is 30.3 Å². The molecule has 0 aliphatic carbocycles. The molecule has 34 heavy (non-hydrogen) atoms. The second kappa shape index (κ2) is 9.27. The van der Waals surface area contributed by atoms with Crippen LogP contribution in [0, 0.1) is 0 Å². The van der Waals surface area contributed by atoms with Gasteiger partial charge in [-0.05, 0) is 54.1 Å². The van der Waals surface area contributed by atoms with E-state index in [9.17, 15) is 4.79 Å². The number of nitrogens with zero attached hydrogens (tertiary/aromatic N) is 5. The Morgan fingerprint density at radius 1 is 1.32 bits per heavy atom. The largest absolute Gasteiger partial charge is 0.492 e. The van der Waals surface area contributed by atoms with Gasteiger partial charge < -0.3 is 24.6 Å². The van der Waals surface area contributed by atoms with Crippen molar-refractivity contribution in [3.8, 4) is 22.9 Å². The molecule has 11 nitrogen and oxygen atoms in total. The number of aromatic nitrogens is 4. The first-order chi connectivity index (χ1) is 16.6. The molecule has 1 aromatic heterocycles. The summed E-state index contributed by atoms with van der Waals surface area (Å²) in [5.74, 6) is 2.14. The molecule has 5 rings (SSSR count). The topological polar surface area (TPSA) is 124 Å². The fraction of sp³-hybridized carbons (Fsp3) is 0.391. The van der Waals surface area contributed by atoms with Crippen molar-refractivity contribution in [1.29, 1.82) is 0 Å². The number of methoxy groups -OCH3 is 1. The Hall–Kier alpha value is -3.70. The van der Waals surface area contributed by atoms with Crippen LogP contribution in [0.5, 0.6) is 17.2 Å². The number of amides is 1. The number of aliphatic hydroxyl groups is 1. The summed E-state index contributed by atoms with van der Waals surface area (Å²) in [7, 11) is 3.61. The summed E-state index contributed by atoms with van der Waals surface area (Å²) in [5, 5.41) is 24.4. The van der Waals surface area contributed by atoms with E-state index < -0.39 is 0 Å². The van der Waals surface area contributed by atoms with E-state index in [1.54, 1.807) is 30.0 Å². The molecule has 2 aromatic carbocycles. The first-order valence-corrected chi connectivity index (χ1v) is 11.1. The van der Waals surface area contributed by atoms with Gasteiger partial charge in [-0.2, -0.15) is 4.68 Å². The molecule has 2 aliphatic heterocycles. The number of carbonyl (C=O) groups excluding carboxylic acids is 1. The lowest BCUT2D eigenvalue weighted by Crippen LogP contribution is -2.35. The fourth-order valence-corrected chi connectivity index (χ4v) is 4.52. The summed E-state index contributed by atoms with van der Waals surface area (Å²) >= 11 is 0. The van der Waals surface area contributed by atoms with Crippen LogP contribution >= 0.6 is 0 Å². The normalized spacial score (nSPS) is 16.9. The number of aliphatic hydroxyl groups excluding tert-OH is 1. The van der Waals surface area contributed by atoms with E-state index in [2.05, 4.69) is 25.7 Å². The lowest BCUT2D eigenvalue weighted by molar-refractivity contribution is 0.0951. The lowest BCUT2D eigenvalue weighted by Gasteiger charge is -2.34. The predicted octanol–water partition coefficient (Wildman–Crippen LogP) is 1.09. The molecule has 0 unspecified atom stereocenters. The minimum absolute atomic E-state index is 0.00673. The number of fused-ring (bicyclic) bond motifs is 2. The zero-order chi connectivity index (χ0) is 23.7. The van der Waals surface area contributed by atoms with Crippen LogP contribution in [0.3, 0.4) is 0 Å². The molecular formula is C23H26N6O5. The predicted molar refractivity (Wildman–Crippen MR) is 120 cm³/mol. The zero-order valence-electron chi connectivity index (χ0n) is 19.0. The Balaban J connectivity index is 1.61. The van der Waals surface area contributed by atoms with Crippen LogP contribution in [0.2, 0.25) is 0 Å². The second-order valence-electron chi connectivity index (χ2n) is 8.15. The standard InChI is InChI=1S/C23H26N6O5/c1-28-10-8-14-12-17-20(34-13-33-17)21(32-2)18(14)19(28)22-25-26-27-29(22)16-7-4-3-6-15(16)23(31)24-9-5-11-30/h3-4,6-7,12,19,30H,5,8-11,13H2,1-2H3,(H,24,31)/t19-/m1/s1. The molecule has 0 fully saturated rings. The smallest absolute Gasteiger partial charge is 0.253 e. The maximum absolute atomic E-state index is 12.9. The molecule has 11 heteroatoms. The summed E-state index contributed by atoms with van der Waals surface area (Å²) in [6, 6.07) is 8.82. The molecule has 0 saturated heterocycles. The van der Waals surface area contributed by atoms with Gasteiger partial charge in [0, 0.05) is 25.3 Å². The van der Waals surface area contributed by atoms with Gasteiger partial charge in [-0.25, -0.2) is 0 Å². The number of rotatable bonds is 7. The summed E-state index contributed by atoms with van der Waals surface area (Å²) in [6.07, 6.45) is 1.28. The first-order valence-electron chi connectivity index (χ1n) is 11.1. The number of ether oxygens (including phenoxy) is 3. The third-order valence-electron chi connectivity index (χ3n) is 6.13. The van der Waals surface area contributed by atoms with Gasteiger partial charge in [0.25, 0.3) is 5.91 Å². The first kappa shape index (κ1) is 22.1. The molecule has 2 N–H and O–H groups in total. The van der Waals surface area contributed by atoms with Crippen molar-refractivity contribution in [3.63, 3.8) is 0 Å². The van der Waals surface area contributed by atoms with Crippen LogP contribution in [-0.2, 0) is 6.42 Å². The summed E-state index contributed by atoms with van der Waals surface area (Å²) in [6.45, 7) is 1.30. The number of carbonyl (C=O) groups is 1. The minimum atomic E-state index is -0.339. The number of nitrogens with one attached hydrogen (secondary N) is 1. The Morgan fingerprint density at radius 2 is 2.18 bits per heavy atom. The molecule has 3 heterocycles. The Labute approximate surface area is 196 Å². The van der Waals surface area contributed by atoms with Crippen LogP contribution in [-0.4, -0.2) is 76.8 Å². The molecule has 0 saturated carbocycles. The molecule has 1 atom stereocenters. The van der Waals surface area contributed by atoms with Crippen molar-refractivity contribution in [3.05, 3.63) is 52.8 Å². The van der Waals surface area contributed by atoms with Gasteiger partial charge in [0.2, 0.25) is 12.5 Å². The van der Waals surface area contributed by atoms with Crippen LogP contribution in [0.1, 0.15) is 39.8 Å². The Kier molecular flexibility index (Phi) is 6.03.